The van der Waals surface area contributed by atoms with Gasteiger partial charge in [0, 0.05) is 44.9 Å². The van der Waals surface area contributed by atoms with Crippen molar-refractivity contribution < 1.29 is 23.9 Å². The summed E-state index contributed by atoms with van der Waals surface area (Å²) in [5.74, 6) is 0.648. The van der Waals surface area contributed by atoms with Gasteiger partial charge in [-0.1, -0.05) is 48.5 Å². The molecule has 0 saturated heterocycles. The molecule has 8 heteroatoms. The van der Waals surface area contributed by atoms with Crippen molar-refractivity contribution in [1.29, 1.82) is 0 Å². The molecule has 0 bridgehead atoms. The van der Waals surface area contributed by atoms with Crippen LogP contribution in [0.5, 0.6) is 0 Å². The van der Waals surface area contributed by atoms with E-state index < -0.39 is 5.25 Å². The monoisotopic (exact) mass is 464 g/mol. The standard InChI is InChI=1S/C19H36N2O5S.2C2H6/c1-5-9-25-10-8-21-19(24)17(27-12-6-16(4)22)13-18(23)20-7-11-26-14-15(2)3;2*1-2/h15,17H,5-14H2,1-4H3,(H,20,23)(H,21,24);2*1-2H3. The first-order chi connectivity index (χ1) is 14.9. The van der Waals surface area contributed by atoms with Gasteiger partial charge in [0.1, 0.15) is 5.78 Å². The van der Waals surface area contributed by atoms with E-state index >= 15 is 0 Å². The molecule has 0 heterocycles. The second-order valence-electron chi connectivity index (χ2n) is 6.74. The van der Waals surface area contributed by atoms with Gasteiger partial charge in [-0.25, -0.2) is 0 Å². The molecule has 0 aromatic heterocycles. The molecule has 0 spiro atoms. The molecule has 0 rings (SSSR count). The maximum Gasteiger partial charge on any atom is 0.233 e. The molecule has 0 aliphatic heterocycles. The number of ether oxygens (including phenoxy) is 2. The summed E-state index contributed by atoms with van der Waals surface area (Å²) in [4.78, 5) is 35.6. The van der Waals surface area contributed by atoms with Gasteiger partial charge in [0.05, 0.1) is 18.5 Å². The van der Waals surface area contributed by atoms with E-state index in [-0.39, 0.29) is 24.0 Å². The van der Waals surface area contributed by atoms with Gasteiger partial charge in [0.15, 0.2) is 0 Å². The van der Waals surface area contributed by atoms with Gasteiger partial charge in [0.2, 0.25) is 11.8 Å². The van der Waals surface area contributed by atoms with Crippen LogP contribution >= 0.6 is 11.8 Å². The third kappa shape index (κ3) is 26.8. The molecule has 0 aliphatic carbocycles. The topological polar surface area (TPSA) is 93.7 Å². The summed E-state index contributed by atoms with van der Waals surface area (Å²) in [6.07, 6.45) is 1.39. The zero-order chi connectivity index (χ0) is 24.5. The normalized spacial score (nSPS) is 10.9. The lowest BCUT2D eigenvalue weighted by atomic mass is 10.2. The molecule has 1 unspecified atom stereocenters. The number of thioether (sulfide) groups is 1. The smallest absolute Gasteiger partial charge is 0.233 e. The van der Waals surface area contributed by atoms with E-state index in [1.54, 1.807) is 0 Å². The van der Waals surface area contributed by atoms with E-state index in [0.29, 0.717) is 57.6 Å². The highest BCUT2D eigenvalue weighted by atomic mass is 32.2. The maximum absolute atomic E-state index is 12.4. The number of hydrogen-bond acceptors (Lipinski definition) is 6. The third-order valence-corrected chi connectivity index (χ3v) is 4.57. The van der Waals surface area contributed by atoms with Crippen LogP contribution in [0.2, 0.25) is 0 Å². The van der Waals surface area contributed by atoms with Crippen molar-refractivity contribution >= 4 is 29.4 Å². The maximum atomic E-state index is 12.4. The van der Waals surface area contributed by atoms with Crippen LogP contribution in [0.4, 0.5) is 0 Å². The highest BCUT2D eigenvalue weighted by molar-refractivity contribution is 8.00. The van der Waals surface area contributed by atoms with Crippen LogP contribution in [0.15, 0.2) is 0 Å². The zero-order valence-corrected chi connectivity index (χ0v) is 22.0. The Balaban J connectivity index is -0.00000184. The Kier molecular flexibility index (Phi) is 29.9. The van der Waals surface area contributed by atoms with Crippen molar-refractivity contribution in [3.63, 3.8) is 0 Å². The Bertz CT molecular complexity index is 434. The van der Waals surface area contributed by atoms with E-state index in [1.165, 1.54) is 18.7 Å². The van der Waals surface area contributed by atoms with Crippen molar-refractivity contribution in [3.8, 4) is 0 Å². The summed E-state index contributed by atoms with van der Waals surface area (Å²) in [5.41, 5.74) is 0. The number of rotatable bonds is 17. The van der Waals surface area contributed by atoms with Crippen LogP contribution in [0.1, 0.15) is 74.7 Å². The molecule has 1 atom stereocenters. The van der Waals surface area contributed by atoms with Crippen LogP contribution in [0, 0.1) is 5.92 Å². The zero-order valence-electron chi connectivity index (χ0n) is 21.2. The Morgan fingerprint density at radius 3 is 2.03 bits per heavy atom. The molecular weight excluding hydrogens is 416 g/mol. The van der Waals surface area contributed by atoms with Gasteiger partial charge in [-0.2, -0.15) is 0 Å². The number of amides is 2. The number of ketones is 1. The molecule has 186 valence electrons. The fraction of sp³-hybridized carbons (Fsp3) is 0.870. The lowest BCUT2D eigenvalue weighted by Gasteiger charge is -2.16. The van der Waals surface area contributed by atoms with Gasteiger partial charge in [-0.15, -0.1) is 11.8 Å². The van der Waals surface area contributed by atoms with E-state index in [4.69, 9.17) is 9.47 Å². The summed E-state index contributed by atoms with van der Waals surface area (Å²) in [5, 5.41) is 5.05. The summed E-state index contributed by atoms with van der Waals surface area (Å²) in [7, 11) is 0. The van der Waals surface area contributed by atoms with Crippen molar-refractivity contribution in [2.45, 2.75) is 79.9 Å². The Hall–Kier alpha value is -1.12. The molecule has 2 amide bonds. The second-order valence-corrected chi connectivity index (χ2v) is 8.05. The second kappa shape index (κ2) is 26.9. The average molecular weight is 465 g/mol. The van der Waals surface area contributed by atoms with Gasteiger partial charge < -0.3 is 20.1 Å². The first kappa shape index (κ1) is 34.5. The van der Waals surface area contributed by atoms with Crippen LogP contribution in [-0.2, 0) is 23.9 Å². The summed E-state index contributed by atoms with van der Waals surface area (Å²) in [6, 6.07) is 0. The minimum absolute atomic E-state index is 0.0707. The van der Waals surface area contributed by atoms with Gasteiger partial charge in [0.25, 0.3) is 0 Å². The van der Waals surface area contributed by atoms with Crippen LogP contribution < -0.4 is 10.6 Å². The predicted octanol–water partition coefficient (Wildman–Crippen LogP) is 3.84. The number of carbonyl (C=O) groups is 3. The molecule has 2 N–H and O–H groups in total. The third-order valence-electron chi connectivity index (χ3n) is 3.35. The molecular formula is C23H48N2O5S. The minimum Gasteiger partial charge on any atom is -0.380 e. The summed E-state index contributed by atoms with van der Waals surface area (Å²) in [6.45, 7) is 18.7. The average Bonchev–Trinajstić information content (AvgIpc) is 2.75. The van der Waals surface area contributed by atoms with Crippen molar-refractivity contribution in [3.05, 3.63) is 0 Å². The summed E-state index contributed by atoms with van der Waals surface area (Å²) < 4.78 is 10.8. The van der Waals surface area contributed by atoms with Gasteiger partial charge >= 0.3 is 0 Å². The predicted molar refractivity (Wildman–Crippen MR) is 132 cm³/mol. The van der Waals surface area contributed by atoms with E-state index in [2.05, 4.69) is 24.5 Å². The Labute approximate surface area is 195 Å². The molecule has 0 aromatic carbocycles. The number of carbonyl (C=O) groups excluding carboxylic acids is 3. The molecule has 0 saturated carbocycles. The quantitative estimate of drug-likeness (QED) is 0.318. The van der Waals surface area contributed by atoms with E-state index in [9.17, 15) is 14.4 Å². The molecule has 0 aliphatic rings. The first-order valence-electron chi connectivity index (χ1n) is 11.7. The SMILES string of the molecule is CC.CC.CCCOCCNC(=O)C(CC(=O)NCCOCC(C)C)SCCC(C)=O. The molecule has 31 heavy (non-hydrogen) atoms. The van der Waals surface area contributed by atoms with Crippen molar-refractivity contribution in [1.82, 2.24) is 10.6 Å². The highest BCUT2D eigenvalue weighted by Crippen LogP contribution is 2.16. The number of nitrogens with one attached hydrogen (secondary N) is 2. The molecule has 0 radical (unpaired) electrons. The summed E-state index contributed by atoms with van der Waals surface area (Å²) >= 11 is 1.34. The Morgan fingerprint density at radius 1 is 0.903 bits per heavy atom. The fourth-order valence-electron chi connectivity index (χ4n) is 2.00. The first-order valence-corrected chi connectivity index (χ1v) is 12.7. The molecule has 7 nitrogen and oxygen atoms in total. The molecule has 0 aromatic rings. The lowest BCUT2D eigenvalue weighted by Crippen LogP contribution is -2.39. The van der Waals surface area contributed by atoms with Crippen LogP contribution in [0.3, 0.4) is 0 Å². The van der Waals surface area contributed by atoms with Crippen molar-refractivity contribution in [2.75, 3.05) is 45.3 Å². The minimum atomic E-state index is -0.521. The number of hydrogen-bond donors (Lipinski definition) is 2. The number of Topliss-reactive ketones (excluding diaryl/α,β-unsaturated/α-hetero) is 1. The Morgan fingerprint density at radius 2 is 1.48 bits per heavy atom. The van der Waals surface area contributed by atoms with E-state index in [1.807, 2.05) is 34.6 Å². The van der Waals surface area contributed by atoms with E-state index in [0.717, 1.165) is 6.42 Å². The highest BCUT2D eigenvalue weighted by Gasteiger charge is 2.22. The van der Waals surface area contributed by atoms with Crippen LogP contribution in [0.25, 0.3) is 0 Å². The van der Waals surface area contributed by atoms with Gasteiger partial charge in [-0.05, 0) is 19.3 Å². The fourth-order valence-corrected chi connectivity index (χ4v) is 3.19. The van der Waals surface area contributed by atoms with Crippen molar-refractivity contribution in [2.24, 2.45) is 5.92 Å². The van der Waals surface area contributed by atoms with Gasteiger partial charge in [-0.3, -0.25) is 14.4 Å². The largest absolute Gasteiger partial charge is 0.380 e. The molecule has 0 fully saturated rings. The lowest BCUT2D eigenvalue weighted by molar-refractivity contribution is -0.126. The van der Waals surface area contributed by atoms with Crippen LogP contribution in [-0.4, -0.2) is 68.1 Å².